The molecule has 37 heavy (non-hydrogen) atoms. The van der Waals surface area contributed by atoms with Crippen LogP contribution in [-0.4, -0.2) is 37.3 Å². The first-order chi connectivity index (χ1) is 17.9. The maximum absolute atomic E-state index is 14.9. The largest absolute Gasteiger partial charge is 0.391 e. The Morgan fingerprint density at radius 1 is 1.14 bits per heavy atom. The van der Waals surface area contributed by atoms with Crippen molar-refractivity contribution in [2.24, 2.45) is 0 Å². The SMILES string of the molecule is Cc1nc(N)nc(N2C[C@@H](O)C[C@H]2c2nc3ccc(F)c(C4CC4)c3c(=O)n2-c2ccccc2)c1C#N. The fourth-order valence-corrected chi connectivity index (χ4v) is 5.32. The number of aliphatic hydroxyl groups excluding tert-OH is 1. The standard InChI is InChI=1S/C27H24FN7O2/c1-14-18(12-29)24(33-27(30)31-14)34-13-17(36)11-21(34)25-32-20-10-9-19(28)22(15-7-8-15)23(20)26(37)35(25)16-5-3-2-4-6-16/h2-6,9-10,15,17,21,36H,7-8,11,13H2,1H3,(H2,30,31,33)/t17-,21-/m0/s1. The Kier molecular flexibility index (Phi) is 5.38. The number of hydrogen-bond donors (Lipinski definition) is 2. The molecular formula is C27H24FN7O2. The van der Waals surface area contributed by atoms with Gasteiger partial charge in [-0.1, -0.05) is 18.2 Å². The zero-order chi connectivity index (χ0) is 25.8. The van der Waals surface area contributed by atoms with Crippen LogP contribution in [0.1, 0.15) is 53.9 Å². The molecule has 186 valence electrons. The molecule has 0 amide bonds. The van der Waals surface area contributed by atoms with E-state index in [1.807, 2.05) is 18.2 Å². The number of benzene rings is 2. The first-order valence-corrected chi connectivity index (χ1v) is 12.2. The van der Waals surface area contributed by atoms with Gasteiger partial charge < -0.3 is 15.7 Å². The van der Waals surface area contributed by atoms with Gasteiger partial charge in [0.05, 0.1) is 34.4 Å². The molecule has 0 unspecified atom stereocenters. The van der Waals surface area contributed by atoms with Crippen LogP contribution in [0.15, 0.2) is 47.3 Å². The molecule has 0 bridgehead atoms. The first kappa shape index (κ1) is 23.1. The number of β-amino-alcohol motifs (C(OH)–C–C–N with tert-alkyl or cyclic N) is 1. The minimum absolute atomic E-state index is 0.00288. The van der Waals surface area contributed by atoms with Crippen molar-refractivity contribution in [2.75, 3.05) is 17.2 Å². The summed E-state index contributed by atoms with van der Waals surface area (Å²) in [6.07, 6.45) is 1.14. The highest BCUT2D eigenvalue weighted by molar-refractivity contribution is 5.83. The third-order valence-corrected chi connectivity index (χ3v) is 7.10. The number of aryl methyl sites for hydroxylation is 1. The Morgan fingerprint density at radius 2 is 1.89 bits per heavy atom. The van der Waals surface area contributed by atoms with Gasteiger partial charge in [0.1, 0.15) is 23.3 Å². The number of para-hydroxylation sites is 1. The van der Waals surface area contributed by atoms with Crippen LogP contribution in [0.2, 0.25) is 0 Å². The molecule has 0 spiro atoms. The van der Waals surface area contributed by atoms with E-state index in [0.29, 0.717) is 28.3 Å². The normalized spacial score (nSPS) is 19.4. The van der Waals surface area contributed by atoms with Gasteiger partial charge in [0.15, 0.2) is 5.82 Å². The molecule has 3 heterocycles. The summed E-state index contributed by atoms with van der Waals surface area (Å²) in [5, 5.41) is 20.9. The highest BCUT2D eigenvalue weighted by Crippen LogP contribution is 2.44. The second kappa shape index (κ2) is 8.64. The molecule has 1 saturated carbocycles. The predicted molar refractivity (Wildman–Crippen MR) is 136 cm³/mol. The van der Waals surface area contributed by atoms with Crippen LogP contribution >= 0.6 is 0 Å². The van der Waals surface area contributed by atoms with Crippen molar-refractivity contribution >= 4 is 22.7 Å². The molecule has 2 atom stereocenters. The summed E-state index contributed by atoms with van der Waals surface area (Å²) in [6.45, 7) is 1.83. The lowest BCUT2D eigenvalue weighted by molar-refractivity contribution is 0.193. The summed E-state index contributed by atoms with van der Waals surface area (Å²) in [5.74, 6) is 0.254. The summed E-state index contributed by atoms with van der Waals surface area (Å²) in [5.41, 5.74) is 7.60. The smallest absolute Gasteiger partial charge is 0.266 e. The second-order valence-corrected chi connectivity index (χ2v) is 9.61. The zero-order valence-corrected chi connectivity index (χ0v) is 20.1. The zero-order valence-electron chi connectivity index (χ0n) is 20.1. The summed E-state index contributed by atoms with van der Waals surface area (Å²) in [4.78, 5) is 29.2. The van der Waals surface area contributed by atoms with Crippen molar-refractivity contribution in [1.82, 2.24) is 19.5 Å². The summed E-state index contributed by atoms with van der Waals surface area (Å²) < 4.78 is 16.4. The van der Waals surface area contributed by atoms with E-state index in [4.69, 9.17) is 10.7 Å². The minimum atomic E-state index is -0.764. The van der Waals surface area contributed by atoms with Gasteiger partial charge in [0, 0.05) is 18.5 Å². The number of fused-ring (bicyclic) bond motifs is 1. The van der Waals surface area contributed by atoms with Crippen molar-refractivity contribution in [3.8, 4) is 11.8 Å². The lowest BCUT2D eigenvalue weighted by Crippen LogP contribution is -2.33. The van der Waals surface area contributed by atoms with E-state index < -0.39 is 18.0 Å². The van der Waals surface area contributed by atoms with Crippen molar-refractivity contribution < 1.29 is 9.50 Å². The van der Waals surface area contributed by atoms with Gasteiger partial charge in [-0.05, 0) is 49.9 Å². The van der Waals surface area contributed by atoms with E-state index in [-0.39, 0.29) is 47.2 Å². The summed E-state index contributed by atoms with van der Waals surface area (Å²) in [7, 11) is 0. The molecule has 2 aromatic carbocycles. The van der Waals surface area contributed by atoms with Gasteiger partial charge >= 0.3 is 0 Å². The van der Waals surface area contributed by atoms with E-state index >= 15 is 0 Å². The highest BCUT2D eigenvalue weighted by Gasteiger charge is 2.39. The van der Waals surface area contributed by atoms with Gasteiger partial charge in [0.25, 0.3) is 5.56 Å². The lowest BCUT2D eigenvalue weighted by atomic mass is 10.0. The van der Waals surface area contributed by atoms with E-state index in [2.05, 4.69) is 16.0 Å². The molecular weight excluding hydrogens is 473 g/mol. The van der Waals surface area contributed by atoms with Crippen LogP contribution in [0.3, 0.4) is 0 Å². The third kappa shape index (κ3) is 3.79. The molecule has 6 rings (SSSR count). The quantitative estimate of drug-likeness (QED) is 0.439. The minimum Gasteiger partial charge on any atom is -0.391 e. The third-order valence-electron chi connectivity index (χ3n) is 7.10. The average molecular weight is 498 g/mol. The fraction of sp³-hybridized carbons (Fsp3) is 0.296. The number of nitrogens with zero attached hydrogens (tertiary/aromatic N) is 6. The first-order valence-electron chi connectivity index (χ1n) is 12.2. The number of anilines is 2. The number of aliphatic hydroxyl groups is 1. The van der Waals surface area contributed by atoms with Gasteiger partial charge in [0.2, 0.25) is 5.95 Å². The molecule has 1 aliphatic heterocycles. The van der Waals surface area contributed by atoms with Crippen molar-refractivity contribution in [3.63, 3.8) is 0 Å². The predicted octanol–water partition coefficient (Wildman–Crippen LogP) is 3.27. The maximum Gasteiger partial charge on any atom is 0.266 e. The summed E-state index contributed by atoms with van der Waals surface area (Å²) >= 11 is 0. The van der Waals surface area contributed by atoms with E-state index in [1.54, 1.807) is 24.0 Å². The Hall–Kier alpha value is -4.36. The van der Waals surface area contributed by atoms with Crippen LogP contribution in [0.4, 0.5) is 16.2 Å². The summed E-state index contributed by atoms with van der Waals surface area (Å²) in [6, 6.07) is 13.5. The molecule has 1 saturated heterocycles. The van der Waals surface area contributed by atoms with Crippen LogP contribution < -0.4 is 16.2 Å². The molecule has 1 aliphatic carbocycles. The number of nitrogen functional groups attached to an aromatic ring is 1. The molecule has 4 aromatic rings. The Bertz CT molecular complexity index is 1640. The molecule has 9 nitrogen and oxygen atoms in total. The Balaban J connectivity index is 1.64. The van der Waals surface area contributed by atoms with E-state index in [0.717, 1.165) is 12.8 Å². The maximum atomic E-state index is 14.9. The Labute approximate surface area is 211 Å². The molecule has 10 heteroatoms. The van der Waals surface area contributed by atoms with Crippen LogP contribution in [0, 0.1) is 24.1 Å². The molecule has 0 radical (unpaired) electrons. The number of hydrogen-bond acceptors (Lipinski definition) is 8. The number of aromatic nitrogens is 4. The van der Waals surface area contributed by atoms with Crippen LogP contribution in [-0.2, 0) is 0 Å². The van der Waals surface area contributed by atoms with Crippen molar-refractivity contribution in [3.05, 3.63) is 81.3 Å². The van der Waals surface area contributed by atoms with E-state index in [1.165, 1.54) is 16.7 Å². The Morgan fingerprint density at radius 3 is 2.59 bits per heavy atom. The molecule has 2 fully saturated rings. The topological polar surface area (TPSA) is 134 Å². The molecule has 2 aromatic heterocycles. The van der Waals surface area contributed by atoms with Gasteiger partial charge in [-0.3, -0.25) is 9.36 Å². The van der Waals surface area contributed by atoms with E-state index in [9.17, 15) is 19.6 Å². The lowest BCUT2D eigenvalue weighted by Gasteiger charge is -2.28. The molecule has 3 N–H and O–H groups in total. The van der Waals surface area contributed by atoms with Crippen LogP contribution in [0.25, 0.3) is 16.6 Å². The second-order valence-electron chi connectivity index (χ2n) is 9.61. The number of nitrogens with two attached hydrogens (primary N) is 1. The van der Waals surface area contributed by atoms with Gasteiger partial charge in [-0.2, -0.15) is 10.2 Å². The monoisotopic (exact) mass is 497 g/mol. The average Bonchev–Trinajstić information content (AvgIpc) is 3.64. The molecule has 2 aliphatic rings. The number of nitriles is 1. The van der Waals surface area contributed by atoms with Crippen LogP contribution in [0.5, 0.6) is 0 Å². The van der Waals surface area contributed by atoms with Gasteiger partial charge in [-0.25, -0.2) is 14.4 Å². The van der Waals surface area contributed by atoms with Crippen molar-refractivity contribution in [1.29, 1.82) is 5.26 Å². The number of rotatable bonds is 4. The number of halogens is 1. The van der Waals surface area contributed by atoms with Crippen molar-refractivity contribution in [2.45, 2.75) is 44.2 Å². The highest BCUT2D eigenvalue weighted by atomic mass is 19.1. The fourth-order valence-electron chi connectivity index (χ4n) is 5.32. The van der Waals surface area contributed by atoms with Gasteiger partial charge in [-0.15, -0.1) is 0 Å².